The fraction of sp³-hybridized carbons (Fsp3) is 0.188. The molecular formula is C16H16N4O. The van der Waals surface area contributed by atoms with Crippen LogP contribution in [-0.2, 0) is 0 Å². The largest absolute Gasteiger partial charge is 0.364 e. The fourth-order valence-corrected chi connectivity index (χ4v) is 2.42. The molecule has 2 aromatic rings. The predicted molar refractivity (Wildman–Crippen MR) is 81.8 cm³/mol. The van der Waals surface area contributed by atoms with Gasteiger partial charge in [-0.3, -0.25) is 9.78 Å². The van der Waals surface area contributed by atoms with Gasteiger partial charge in [0.15, 0.2) is 0 Å². The van der Waals surface area contributed by atoms with Crippen LogP contribution in [0.1, 0.15) is 22.5 Å². The van der Waals surface area contributed by atoms with Gasteiger partial charge in [-0.2, -0.15) is 0 Å². The second kappa shape index (κ2) is 5.75. The van der Waals surface area contributed by atoms with Crippen molar-refractivity contribution < 1.29 is 4.79 Å². The van der Waals surface area contributed by atoms with Gasteiger partial charge in [0.1, 0.15) is 11.5 Å². The minimum atomic E-state index is -0.554. The van der Waals surface area contributed by atoms with E-state index in [0.29, 0.717) is 5.82 Å². The zero-order valence-electron chi connectivity index (χ0n) is 11.6. The van der Waals surface area contributed by atoms with E-state index in [9.17, 15) is 4.79 Å². The Labute approximate surface area is 123 Å². The van der Waals surface area contributed by atoms with Crippen molar-refractivity contribution >= 4 is 17.3 Å². The number of anilines is 1. The molecule has 0 saturated heterocycles. The van der Waals surface area contributed by atoms with Gasteiger partial charge in [-0.05, 0) is 17.6 Å². The summed E-state index contributed by atoms with van der Waals surface area (Å²) in [6, 6.07) is 10.4. The molecule has 0 spiro atoms. The summed E-state index contributed by atoms with van der Waals surface area (Å²) < 4.78 is 0. The van der Waals surface area contributed by atoms with Crippen LogP contribution in [0.4, 0.5) is 5.82 Å². The van der Waals surface area contributed by atoms with Crippen LogP contribution < -0.4 is 10.6 Å². The van der Waals surface area contributed by atoms with Crippen molar-refractivity contribution in [1.29, 1.82) is 0 Å². The standard InChI is InChI=1S/C16H16N4O/c17-16(21)14-10-18-11-15(19-14)20-8-6-13(7-9-20)12-4-2-1-3-5-12/h1-6,10-11H,7-9H2,(H2,17,21). The van der Waals surface area contributed by atoms with Crippen LogP contribution in [0.2, 0.25) is 0 Å². The summed E-state index contributed by atoms with van der Waals surface area (Å²) in [4.78, 5) is 21.5. The van der Waals surface area contributed by atoms with Gasteiger partial charge in [0, 0.05) is 13.1 Å². The lowest BCUT2D eigenvalue weighted by Gasteiger charge is -2.27. The molecule has 0 radical (unpaired) electrons. The van der Waals surface area contributed by atoms with Crippen molar-refractivity contribution in [3.63, 3.8) is 0 Å². The summed E-state index contributed by atoms with van der Waals surface area (Å²) in [6.45, 7) is 1.60. The number of benzene rings is 1. The van der Waals surface area contributed by atoms with Gasteiger partial charge in [0.25, 0.3) is 5.91 Å². The maximum atomic E-state index is 11.2. The first-order valence-electron chi connectivity index (χ1n) is 6.85. The lowest BCUT2D eigenvalue weighted by atomic mass is 10.00. The fourth-order valence-electron chi connectivity index (χ4n) is 2.42. The maximum absolute atomic E-state index is 11.2. The number of aromatic nitrogens is 2. The molecule has 5 heteroatoms. The Morgan fingerprint density at radius 2 is 2.00 bits per heavy atom. The molecule has 1 aliphatic heterocycles. The Hall–Kier alpha value is -2.69. The van der Waals surface area contributed by atoms with Crippen molar-refractivity contribution in [3.05, 3.63) is 60.1 Å². The number of nitrogens with two attached hydrogens (primary N) is 1. The molecule has 0 bridgehead atoms. The highest BCUT2D eigenvalue weighted by Gasteiger charge is 2.15. The van der Waals surface area contributed by atoms with Crippen molar-refractivity contribution in [1.82, 2.24) is 9.97 Å². The van der Waals surface area contributed by atoms with Crippen molar-refractivity contribution in [3.8, 4) is 0 Å². The number of rotatable bonds is 3. The molecule has 106 valence electrons. The van der Waals surface area contributed by atoms with E-state index in [4.69, 9.17) is 5.73 Å². The first-order valence-corrected chi connectivity index (χ1v) is 6.85. The summed E-state index contributed by atoms with van der Waals surface area (Å²) in [5.41, 5.74) is 8.03. The topological polar surface area (TPSA) is 72.1 Å². The number of primary amides is 1. The van der Waals surface area contributed by atoms with Gasteiger partial charge in [-0.1, -0.05) is 36.4 Å². The van der Waals surface area contributed by atoms with E-state index in [1.165, 1.54) is 17.3 Å². The number of hydrogen-bond acceptors (Lipinski definition) is 4. The molecule has 0 fully saturated rings. The van der Waals surface area contributed by atoms with Crippen molar-refractivity contribution in [2.45, 2.75) is 6.42 Å². The summed E-state index contributed by atoms with van der Waals surface area (Å²) in [7, 11) is 0. The quantitative estimate of drug-likeness (QED) is 0.931. The van der Waals surface area contributed by atoms with Crippen LogP contribution in [0, 0.1) is 0 Å². The molecule has 1 aromatic carbocycles. The second-order valence-electron chi connectivity index (χ2n) is 4.92. The molecule has 3 rings (SSSR count). The number of nitrogens with zero attached hydrogens (tertiary/aromatic N) is 3. The van der Waals surface area contributed by atoms with Crippen LogP contribution in [0.15, 0.2) is 48.8 Å². The first-order chi connectivity index (χ1) is 10.2. The SMILES string of the molecule is NC(=O)c1cncc(N2CC=C(c3ccccc3)CC2)n1. The molecule has 2 N–H and O–H groups in total. The molecule has 0 atom stereocenters. The Balaban J connectivity index is 1.78. The van der Waals surface area contributed by atoms with E-state index in [-0.39, 0.29) is 5.69 Å². The third-order valence-corrected chi connectivity index (χ3v) is 3.55. The zero-order valence-corrected chi connectivity index (χ0v) is 11.6. The van der Waals surface area contributed by atoms with Crippen molar-refractivity contribution in [2.24, 2.45) is 5.73 Å². The third-order valence-electron chi connectivity index (χ3n) is 3.55. The van der Waals surface area contributed by atoms with E-state index in [1.54, 1.807) is 6.20 Å². The van der Waals surface area contributed by atoms with Crippen LogP contribution in [0.5, 0.6) is 0 Å². The van der Waals surface area contributed by atoms with E-state index < -0.39 is 5.91 Å². The zero-order chi connectivity index (χ0) is 14.7. The van der Waals surface area contributed by atoms with Crippen LogP contribution >= 0.6 is 0 Å². The Morgan fingerprint density at radius 1 is 1.19 bits per heavy atom. The summed E-state index contributed by atoms with van der Waals surface area (Å²) in [6.07, 6.45) is 6.18. The number of carbonyl (C=O) groups is 1. The molecular weight excluding hydrogens is 264 g/mol. The highest BCUT2D eigenvalue weighted by molar-refractivity contribution is 5.90. The smallest absolute Gasteiger partial charge is 0.268 e. The van der Waals surface area contributed by atoms with Gasteiger partial charge in [0.05, 0.1) is 12.4 Å². The molecule has 1 amide bonds. The Morgan fingerprint density at radius 3 is 2.67 bits per heavy atom. The van der Waals surface area contributed by atoms with Gasteiger partial charge >= 0.3 is 0 Å². The van der Waals surface area contributed by atoms with E-state index in [1.807, 2.05) is 18.2 Å². The molecule has 5 nitrogen and oxygen atoms in total. The second-order valence-corrected chi connectivity index (χ2v) is 4.92. The Kier molecular flexibility index (Phi) is 3.64. The van der Waals surface area contributed by atoms with Crippen LogP contribution in [0.25, 0.3) is 5.57 Å². The minimum Gasteiger partial charge on any atom is -0.364 e. The van der Waals surface area contributed by atoms with E-state index in [0.717, 1.165) is 19.5 Å². The van der Waals surface area contributed by atoms with Crippen LogP contribution in [-0.4, -0.2) is 29.0 Å². The van der Waals surface area contributed by atoms with Gasteiger partial charge < -0.3 is 10.6 Å². The average Bonchev–Trinajstić information content (AvgIpc) is 2.56. The van der Waals surface area contributed by atoms with Gasteiger partial charge in [-0.15, -0.1) is 0 Å². The molecule has 1 aromatic heterocycles. The highest BCUT2D eigenvalue weighted by atomic mass is 16.1. The number of amides is 1. The minimum absolute atomic E-state index is 0.199. The molecule has 0 aliphatic carbocycles. The molecule has 1 aliphatic rings. The normalized spacial score (nSPS) is 14.7. The molecule has 2 heterocycles. The summed E-state index contributed by atoms with van der Waals surface area (Å²) in [5.74, 6) is 0.136. The number of hydrogen-bond donors (Lipinski definition) is 1. The van der Waals surface area contributed by atoms with Gasteiger partial charge in [0.2, 0.25) is 0 Å². The number of carbonyl (C=O) groups excluding carboxylic acids is 1. The van der Waals surface area contributed by atoms with E-state index in [2.05, 4.69) is 33.1 Å². The highest BCUT2D eigenvalue weighted by Crippen LogP contribution is 2.24. The lowest BCUT2D eigenvalue weighted by Crippen LogP contribution is -2.30. The molecule has 21 heavy (non-hydrogen) atoms. The predicted octanol–water partition coefficient (Wildman–Crippen LogP) is 1.87. The maximum Gasteiger partial charge on any atom is 0.268 e. The molecule has 0 saturated carbocycles. The summed E-state index contributed by atoms with van der Waals surface area (Å²) >= 11 is 0. The average molecular weight is 280 g/mol. The Bertz CT molecular complexity index is 682. The van der Waals surface area contributed by atoms with E-state index >= 15 is 0 Å². The van der Waals surface area contributed by atoms with Crippen molar-refractivity contribution in [2.75, 3.05) is 18.0 Å². The summed E-state index contributed by atoms with van der Waals surface area (Å²) in [5, 5.41) is 0. The monoisotopic (exact) mass is 280 g/mol. The van der Waals surface area contributed by atoms with Gasteiger partial charge in [-0.25, -0.2) is 4.98 Å². The first kappa shape index (κ1) is 13.3. The molecule has 0 unspecified atom stereocenters. The lowest BCUT2D eigenvalue weighted by molar-refractivity contribution is 0.0995. The third kappa shape index (κ3) is 2.91. The van der Waals surface area contributed by atoms with Crippen LogP contribution in [0.3, 0.4) is 0 Å².